The van der Waals surface area contributed by atoms with Gasteiger partial charge >= 0.3 is 0 Å². The Morgan fingerprint density at radius 2 is 1.74 bits per heavy atom. The van der Waals surface area contributed by atoms with Crippen molar-refractivity contribution < 1.29 is 19.3 Å². The summed E-state index contributed by atoms with van der Waals surface area (Å²) in [6.45, 7) is 2.64. The third-order valence-corrected chi connectivity index (χ3v) is 3.66. The van der Waals surface area contributed by atoms with E-state index >= 15 is 0 Å². The van der Waals surface area contributed by atoms with Gasteiger partial charge in [-0.2, -0.15) is 0 Å². The number of rotatable bonds is 10. The average Bonchev–Trinajstić information content (AvgIpc) is 2.66. The van der Waals surface area contributed by atoms with Crippen LogP contribution in [-0.4, -0.2) is 16.5 Å². The van der Waals surface area contributed by atoms with Gasteiger partial charge in [-0.25, -0.2) is 0 Å². The number of nitrogens with zero attached hydrogens (tertiary/aromatic N) is 2. The van der Waals surface area contributed by atoms with E-state index in [1.54, 1.807) is 0 Å². The second-order valence-corrected chi connectivity index (χ2v) is 5.69. The molecular formula is C19H20N2O6. The van der Waals surface area contributed by atoms with Gasteiger partial charge in [0.15, 0.2) is 11.5 Å². The summed E-state index contributed by atoms with van der Waals surface area (Å²) in [6, 6.07) is 12.0. The van der Waals surface area contributed by atoms with Crippen LogP contribution in [0.1, 0.15) is 30.9 Å². The van der Waals surface area contributed by atoms with Crippen LogP contribution in [-0.2, 0) is 6.61 Å². The maximum Gasteiger partial charge on any atom is 0.280 e. The van der Waals surface area contributed by atoms with E-state index in [0.29, 0.717) is 18.6 Å². The third kappa shape index (κ3) is 6.10. The predicted molar refractivity (Wildman–Crippen MR) is 100 cm³/mol. The molecule has 0 aromatic heterocycles. The fourth-order valence-corrected chi connectivity index (χ4v) is 2.29. The van der Waals surface area contributed by atoms with E-state index in [-0.39, 0.29) is 23.6 Å². The summed E-state index contributed by atoms with van der Waals surface area (Å²) in [4.78, 5) is 20.7. The summed E-state index contributed by atoms with van der Waals surface area (Å²) in [5.74, 6) is 0.535. The van der Waals surface area contributed by atoms with E-state index in [0.717, 1.165) is 24.5 Å². The van der Waals surface area contributed by atoms with Crippen molar-refractivity contribution in [2.45, 2.75) is 26.4 Å². The summed E-state index contributed by atoms with van der Waals surface area (Å²) in [6.07, 6.45) is 3.45. The molecule has 0 unspecified atom stereocenters. The van der Waals surface area contributed by atoms with E-state index < -0.39 is 9.85 Å². The van der Waals surface area contributed by atoms with Crippen molar-refractivity contribution in [2.75, 3.05) is 6.61 Å². The van der Waals surface area contributed by atoms with E-state index in [2.05, 4.69) is 0 Å². The Hall–Kier alpha value is -3.42. The minimum absolute atomic E-state index is 0.0789. The maximum absolute atomic E-state index is 11.4. The minimum Gasteiger partial charge on any atom is -0.490 e. The van der Waals surface area contributed by atoms with Gasteiger partial charge in [0.1, 0.15) is 6.61 Å². The number of hydrogen-bond acceptors (Lipinski definition) is 6. The van der Waals surface area contributed by atoms with E-state index in [9.17, 15) is 20.2 Å². The second-order valence-electron chi connectivity index (χ2n) is 5.69. The topological polar surface area (TPSA) is 105 Å². The molecule has 0 atom stereocenters. The zero-order valence-electron chi connectivity index (χ0n) is 14.9. The molecule has 0 heterocycles. The van der Waals surface area contributed by atoms with Gasteiger partial charge in [-0.15, -0.1) is 0 Å². The number of hydrogen-bond donors (Lipinski definition) is 0. The molecule has 0 aliphatic carbocycles. The Morgan fingerprint density at radius 3 is 2.37 bits per heavy atom. The predicted octanol–water partition coefficient (Wildman–Crippen LogP) is 4.60. The van der Waals surface area contributed by atoms with Gasteiger partial charge in [0.25, 0.3) is 5.69 Å². The lowest BCUT2D eigenvalue weighted by Gasteiger charge is -2.14. The average molecular weight is 372 g/mol. The molecule has 0 bridgehead atoms. The van der Waals surface area contributed by atoms with Gasteiger partial charge in [-0.3, -0.25) is 20.2 Å². The van der Waals surface area contributed by atoms with Crippen LogP contribution in [0.5, 0.6) is 11.5 Å². The molecule has 2 rings (SSSR count). The summed E-state index contributed by atoms with van der Waals surface area (Å²) in [5.41, 5.74) is 0.686. The van der Waals surface area contributed by atoms with Crippen LogP contribution in [0.3, 0.4) is 0 Å². The monoisotopic (exact) mass is 372 g/mol. The number of ether oxygens (including phenoxy) is 2. The lowest BCUT2D eigenvalue weighted by atomic mass is 10.1. The molecular weight excluding hydrogens is 352 g/mol. The molecule has 0 saturated carbocycles. The van der Waals surface area contributed by atoms with Crippen LogP contribution in [0.25, 0.3) is 6.08 Å². The molecule has 27 heavy (non-hydrogen) atoms. The molecule has 8 heteroatoms. The van der Waals surface area contributed by atoms with Crippen LogP contribution >= 0.6 is 0 Å². The third-order valence-electron chi connectivity index (χ3n) is 3.66. The van der Waals surface area contributed by atoms with Crippen molar-refractivity contribution in [1.29, 1.82) is 0 Å². The van der Waals surface area contributed by atoms with Crippen molar-refractivity contribution in [2.24, 2.45) is 0 Å². The van der Waals surface area contributed by atoms with Gasteiger partial charge in [0.2, 0.25) is 6.20 Å². The van der Waals surface area contributed by atoms with Crippen LogP contribution < -0.4 is 9.47 Å². The summed E-state index contributed by atoms with van der Waals surface area (Å²) in [5, 5.41) is 21.9. The standard InChI is InChI=1S/C19H20N2O6/c1-2-3-11-26-18-12-16(9-10-20(22)23)17(21(24)25)13-19(18)27-14-15-7-5-4-6-8-15/h4-10,12-13H,2-3,11,14H2,1H3. The molecule has 0 amide bonds. The molecule has 142 valence electrons. The van der Waals surface area contributed by atoms with Crippen molar-refractivity contribution in [1.82, 2.24) is 0 Å². The van der Waals surface area contributed by atoms with E-state index in [1.807, 2.05) is 37.3 Å². The van der Waals surface area contributed by atoms with Crippen LogP contribution in [0.2, 0.25) is 0 Å². The van der Waals surface area contributed by atoms with Crippen LogP contribution in [0.15, 0.2) is 48.7 Å². The highest BCUT2D eigenvalue weighted by Crippen LogP contribution is 2.36. The summed E-state index contributed by atoms with van der Waals surface area (Å²) < 4.78 is 11.4. The first-order valence-corrected chi connectivity index (χ1v) is 8.45. The van der Waals surface area contributed by atoms with Gasteiger partial charge in [0, 0.05) is 6.08 Å². The number of nitro benzene ring substituents is 1. The Bertz CT molecular complexity index is 820. The molecule has 0 saturated heterocycles. The van der Waals surface area contributed by atoms with E-state index in [1.165, 1.54) is 12.1 Å². The van der Waals surface area contributed by atoms with Gasteiger partial charge in [0.05, 0.1) is 28.1 Å². The summed E-state index contributed by atoms with van der Waals surface area (Å²) >= 11 is 0. The Labute approximate surface area is 156 Å². The first-order chi connectivity index (χ1) is 13.0. The fourth-order valence-electron chi connectivity index (χ4n) is 2.29. The van der Waals surface area contributed by atoms with Crippen LogP contribution in [0, 0.1) is 20.2 Å². The molecule has 8 nitrogen and oxygen atoms in total. The molecule has 0 fully saturated rings. The maximum atomic E-state index is 11.4. The van der Waals surface area contributed by atoms with Crippen molar-refractivity contribution in [3.63, 3.8) is 0 Å². The SMILES string of the molecule is CCCCOc1cc(C=C[N+](=O)[O-])c([N+](=O)[O-])cc1OCc1ccccc1. The minimum atomic E-state index is -0.679. The van der Waals surface area contributed by atoms with Gasteiger partial charge < -0.3 is 9.47 Å². The zero-order valence-corrected chi connectivity index (χ0v) is 14.9. The van der Waals surface area contributed by atoms with Crippen molar-refractivity contribution >= 4 is 11.8 Å². The van der Waals surface area contributed by atoms with Gasteiger partial charge in [-0.05, 0) is 18.1 Å². The number of nitro groups is 2. The molecule has 2 aromatic rings. The molecule has 0 N–H and O–H groups in total. The Kier molecular flexibility index (Phi) is 7.30. The first-order valence-electron chi connectivity index (χ1n) is 8.45. The summed E-state index contributed by atoms with van der Waals surface area (Å²) in [7, 11) is 0. The first kappa shape index (κ1) is 19.9. The van der Waals surface area contributed by atoms with Crippen LogP contribution in [0.4, 0.5) is 5.69 Å². The molecule has 0 radical (unpaired) electrons. The quantitative estimate of drug-likeness (QED) is 0.343. The highest BCUT2D eigenvalue weighted by atomic mass is 16.6. The molecule has 0 aliphatic heterocycles. The normalized spacial score (nSPS) is 10.7. The van der Waals surface area contributed by atoms with Crippen molar-refractivity contribution in [3.05, 3.63) is 80.0 Å². The fraction of sp³-hybridized carbons (Fsp3) is 0.263. The Morgan fingerprint density at radius 1 is 1.04 bits per heavy atom. The Balaban J connectivity index is 2.36. The van der Waals surface area contributed by atoms with Crippen molar-refractivity contribution in [3.8, 4) is 11.5 Å². The smallest absolute Gasteiger partial charge is 0.280 e. The second kappa shape index (κ2) is 9.91. The lowest BCUT2D eigenvalue weighted by Crippen LogP contribution is -2.03. The zero-order chi connectivity index (χ0) is 19.6. The number of benzene rings is 2. The molecule has 0 aliphatic rings. The highest BCUT2D eigenvalue weighted by molar-refractivity contribution is 5.66. The van der Waals surface area contributed by atoms with Gasteiger partial charge in [-0.1, -0.05) is 43.7 Å². The number of unbranched alkanes of at least 4 members (excludes halogenated alkanes) is 1. The lowest BCUT2D eigenvalue weighted by molar-refractivity contribution is -0.401. The largest absolute Gasteiger partial charge is 0.490 e. The molecule has 0 spiro atoms. The molecule has 2 aromatic carbocycles. The highest BCUT2D eigenvalue weighted by Gasteiger charge is 2.19. The van der Waals surface area contributed by atoms with E-state index in [4.69, 9.17) is 9.47 Å².